The van der Waals surface area contributed by atoms with Crippen LogP contribution in [0.1, 0.15) is 18.4 Å². The van der Waals surface area contributed by atoms with Gasteiger partial charge < -0.3 is 19.8 Å². The molecule has 2 aliphatic rings. The first-order valence-corrected chi connectivity index (χ1v) is 11.8. The molecule has 2 heterocycles. The third kappa shape index (κ3) is 7.35. The van der Waals surface area contributed by atoms with Crippen molar-refractivity contribution in [2.75, 3.05) is 51.3 Å². The number of piperazine rings is 1. The van der Waals surface area contributed by atoms with E-state index < -0.39 is 11.9 Å². The summed E-state index contributed by atoms with van der Waals surface area (Å²) in [6, 6.07) is 17.3. The van der Waals surface area contributed by atoms with Crippen molar-refractivity contribution in [3.05, 3.63) is 59.1 Å². The average molecular weight is 490 g/mol. The number of halogens is 1. The number of carboxylic acid groups (broad SMARTS) is 2. The molecule has 4 rings (SSSR count). The molecule has 184 valence electrons. The van der Waals surface area contributed by atoms with E-state index in [1.165, 1.54) is 37.2 Å². The molecular weight excluding hydrogens is 458 g/mol. The first-order chi connectivity index (χ1) is 16.4. The molecule has 0 aliphatic carbocycles. The number of rotatable bonds is 5. The monoisotopic (exact) mass is 489 g/mol. The van der Waals surface area contributed by atoms with Gasteiger partial charge in [0.2, 0.25) is 0 Å². The van der Waals surface area contributed by atoms with Gasteiger partial charge in [-0.05, 0) is 55.8 Å². The van der Waals surface area contributed by atoms with Crippen LogP contribution in [0, 0.1) is 0 Å². The van der Waals surface area contributed by atoms with Crippen LogP contribution in [-0.4, -0.2) is 84.4 Å². The Kier molecular flexibility index (Phi) is 9.56. The van der Waals surface area contributed by atoms with Crippen LogP contribution in [0.15, 0.2) is 48.5 Å². The van der Waals surface area contributed by atoms with Crippen LogP contribution in [0.5, 0.6) is 5.75 Å². The molecule has 2 saturated heterocycles. The largest absolute Gasteiger partial charge is 0.495 e. The van der Waals surface area contributed by atoms with Crippen LogP contribution < -0.4 is 9.64 Å². The molecule has 0 bridgehead atoms. The predicted octanol–water partition coefficient (Wildman–Crippen LogP) is 3.29. The number of ether oxygens (including phenoxy) is 1. The SMILES string of the molecule is COc1ccccc1N1CCN(C2CCN(Cc3cccc(Cl)c3)CC2)CC1.O=C(O)C(=O)O. The zero-order valence-corrected chi connectivity index (χ0v) is 20.2. The molecular formula is C25H32ClN3O5. The van der Waals surface area contributed by atoms with Crippen molar-refractivity contribution in [1.82, 2.24) is 9.80 Å². The van der Waals surface area contributed by atoms with Gasteiger partial charge in [0.05, 0.1) is 12.8 Å². The lowest BCUT2D eigenvalue weighted by atomic mass is 10.0. The zero-order chi connectivity index (χ0) is 24.5. The smallest absolute Gasteiger partial charge is 0.414 e. The van der Waals surface area contributed by atoms with Crippen LogP contribution in [0.2, 0.25) is 5.02 Å². The first kappa shape index (κ1) is 25.8. The summed E-state index contributed by atoms with van der Waals surface area (Å²) in [6.07, 6.45) is 2.52. The molecule has 2 N–H and O–H groups in total. The van der Waals surface area contributed by atoms with Crippen molar-refractivity contribution in [2.24, 2.45) is 0 Å². The summed E-state index contributed by atoms with van der Waals surface area (Å²) < 4.78 is 5.54. The Labute approximate surface area is 205 Å². The van der Waals surface area contributed by atoms with Gasteiger partial charge in [-0.1, -0.05) is 35.9 Å². The van der Waals surface area contributed by atoms with Gasteiger partial charge in [-0.15, -0.1) is 0 Å². The van der Waals surface area contributed by atoms with Crippen LogP contribution in [-0.2, 0) is 16.1 Å². The number of para-hydroxylation sites is 2. The number of hydrogen-bond acceptors (Lipinski definition) is 6. The lowest BCUT2D eigenvalue weighted by molar-refractivity contribution is -0.159. The second-order valence-electron chi connectivity index (χ2n) is 8.44. The third-order valence-electron chi connectivity index (χ3n) is 6.29. The number of hydrogen-bond donors (Lipinski definition) is 2. The Balaban J connectivity index is 0.000000481. The second-order valence-corrected chi connectivity index (χ2v) is 8.88. The van der Waals surface area contributed by atoms with Crippen LogP contribution >= 0.6 is 11.6 Å². The van der Waals surface area contributed by atoms with Gasteiger partial charge in [0.15, 0.2) is 0 Å². The minimum Gasteiger partial charge on any atom is -0.495 e. The molecule has 0 atom stereocenters. The minimum absolute atomic E-state index is 0.718. The van der Waals surface area contributed by atoms with E-state index in [9.17, 15) is 0 Å². The molecule has 0 radical (unpaired) electrons. The first-order valence-electron chi connectivity index (χ1n) is 11.4. The van der Waals surface area contributed by atoms with E-state index in [0.717, 1.165) is 49.5 Å². The van der Waals surface area contributed by atoms with Crippen molar-refractivity contribution in [3.63, 3.8) is 0 Å². The third-order valence-corrected chi connectivity index (χ3v) is 6.53. The van der Waals surface area contributed by atoms with Gasteiger partial charge in [0, 0.05) is 43.8 Å². The van der Waals surface area contributed by atoms with Crippen molar-refractivity contribution in [1.29, 1.82) is 0 Å². The number of nitrogens with zero attached hydrogens (tertiary/aromatic N) is 3. The van der Waals surface area contributed by atoms with Crippen molar-refractivity contribution in [2.45, 2.75) is 25.4 Å². The molecule has 9 heteroatoms. The maximum absolute atomic E-state index is 9.10. The highest BCUT2D eigenvalue weighted by Crippen LogP contribution is 2.29. The summed E-state index contributed by atoms with van der Waals surface area (Å²) in [6.45, 7) is 7.77. The fourth-order valence-electron chi connectivity index (χ4n) is 4.56. The number of benzene rings is 2. The quantitative estimate of drug-likeness (QED) is 0.618. The zero-order valence-electron chi connectivity index (χ0n) is 19.4. The highest BCUT2D eigenvalue weighted by Gasteiger charge is 2.28. The molecule has 2 fully saturated rings. The summed E-state index contributed by atoms with van der Waals surface area (Å²) in [5.74, 6) is -2.67. The van der Waals surface area contributed by atoms with Gasteiger partial charge >= 0.3 is 11.9 Å². The van der Waals surface area contributed by atoms with E-state index in [-0.39, 0.29) is 0 Å². The van der Waals surface area contributed by atoms with E-state index in [1.807, 2.05) is 18.2 Å². The molecule has 0 amide bonds. The van der Waals surface area contributed by atoms with Crippen molar-refractivity contribution < 1.29 is 24.5 Å². The highest BCUT2D eigenvalue weighted by molar-refractivity contribution is 6.30. The Morgan fingerprint density at radius 1 is 0.941 bits per heavy atom. The summed E-state index contributed by atoms with van der Waals surface area (Å²) >= 11 is 6.13. The van der Waals surface area contributed by atoms with Crippen LogP contribution in [0.3, 0.4) is 0 Å². The molecule has 0 unspecified atom stereocenters. The second kappa shape index (κ2) is 12.6. The van der Waals surface area contributed by atoms with E-state index in [2.05, 4.69) is 45.0 Å². The fourth-order valence-corrected chi connectivity index (χ4v) is 4.77. The molecule has 0 saturated carbocycles. The maximum atomic E-state index is 9.10. The Hall–Kier alpha value is -2.81. The fraction of sp³-hybridized carbons (Fsp3) is 0.440. The van der Waals surface area contributed by atoms with E-state index in [4.69, 9.17) is 36.1 Å². The number of anilines is 1. The molecule has 0 spiro atoms. The van der Waals surface area contributed by atoms with Gasteiger partial charge in [-0.3, -0.25) is 9.80 Å². The normalized spacial score (nSPS) is 17.5. The summed E-state index contributed by atoms with van der Waals surface area (Å²) in [5, 5.41) is 15.6. The van der Waals surface area contributed by atoms with E-state index in [0.29, 0.717) is 0 Å². The number of methoxy groups -OCH3 is 1. The number of carboxylic acids is 2. The van der Waals surface area contributed by atoms with Crippen molar-refractivity contribution >= 4 is 29.2 Å². The average Bonchev–Trinajstić information content (AvgIpc) is 2.85. The molecule has 2 aliphatic heterocycles. The Bertz CT molecular complexity index is 945. The standard InChI is InChI=1S/C23H30ClN3O.C2H2O4/c1-28-23-8-3-2-7-22(23)27-15-13-26(14-16-27)21-9-11-25(12-10-21)18-19-5-4-6-20(24)17-19;3-1(4)2(5)6/h2-8,17,21H,9-16,18H2,1H3;(H,3,4)(H,5,6). The molecule has 0 aromatic heterocycles. The molecule has 34 heavy (non-hydrogen) atoms. The molecule has 8 nitrogen and oxygen atoms in total. The Morgan fingerprint density at radius 2 is 1.59 bits per heavy atom. The van der Waals surface area contributed by atoms with Gasteiger partial charge in [-0.25, -0.2) is 9.59 Å². The number of carbonyl (C=O) groups is 2. The van der Waals surface area contributed by atoms with Gasteiger partial charge in [-0.2, -0.15) is 0 Å². The minimum atomic E-state index is -1.82. The summed E-state index contributed by atoms with van der Waals surface area (Å²) in [5.41, 5.74) is 2.54. The van der Waals surface area contributed by atoms with E-state index in [1.54, 1.807) is 7.11 Å². The highest BCUT2D eigenvalue weighted by atomic mass is 35.5. The Morgan fingerprint density at radius 3 is 2.18 bits per heavy atom. The lowest BCUT2D eigenvalue weighted by Crippen LogP contribution is -2.53. The summed E-state index contributed by atoms with van der Waals surface area (Å²) in [7, 11) is 1.76. The van der Waals surface area contributed by atoms with E-state index >= 15 is 0 Å². The maximum Gasteiger partial charge on any atom is 0.414 e. The van der Waals surface area contributed by atoms with Crippen LogP contribution in [0.25, 0.3) is 0 Å². The topological polar surface area (TPSA) is 93.5 Å². The number of aliphatic carboxylic acids is 2. The van der Waals surface area contributed by atoms with Gasteiger partial charge in [0.1, 0.15) is 5.75 Å². The number of likely N-dealkylation sites (tertiary alicyclic amines) is 1. The van der Waals surface area contributed by atoms with Crippen LogP contribution in [0.4, 0.5) is 5.69 Å². The molecule has 2 aromatic carbocycles. The number of piperidine rings is 1. The predicted molar refractivity (Wildman–Crippen MR) is 132 cm³/mol. The lowest BCUT2D eigenvalue weighted by Gasteiger charge is -2.43. The van der Waals surface area contributed by atoms with Crippen molar-refractivity contribution in [3.8, 4) is 5.75 Å². The molecule has 2 aromatic rings. The summed E-state index contributed by atoms with van der Waals surface area (Å²) in [4.78, 5) is 25.9. The van der Waals surface area contributed by atoms with Gasteiger partial charge in [0.25, 0.3) is 0 Å².